The number of hydrogen-bond donors (Lipinski definition) is 2. The van der Waals surface area contributed by atoms with Crippen molar-refractivity contribution in [2.45, 2.75) is 0 Å². The maximum Gasteiger partial charge on any atom is 0.273 e. The number of halogens is 1. The maximum atomic E-state index is 11.7. The molecule has 0 spiro atoms. The van der Waals surface area contributed by atoms with Gasteiger partial charge >= 0.3 is 0 Å². The van der Waals surface area contributed by atoms with Gasteiger partial charge in [-0.2, -0.15) is 0 Å². The molecule has 0 aliphatic rings. The molecule has 0 aliphatic carbocycles. The minimum absolute atomic E-state index is 0.170. The number of carbonyl (C=O) groups excluding carboxylic acids is 1. The molecular weight excluding hydrogens is 223 g/mol. The van der Waals surface area contributed by atoms with Crippen LogP contribution in [0.2, 0.25) is 0 Å². The molecule has 0 bridgehead atoms. The van der Waals surface area contributed by atoms with Crippen molar-refractivity contribution in [3.05, 3.63) is 11.1 Å². The lowest BCUT2D eigenvalue weighted by molar-refractivity contribution is -0.112. The van der Waals surface area contributed by atoms with Gasteiger partial charge in [0.1, 0.15) is 19.0 Å². The standard InChI is InChI=1S/C7H9FN4O2S/c8-1-2-14-12-5(6(9)13)4-3-15-7(10)11-4/h3H,1-2H2,(H2,9,13)(H2,10,11). The summed E-state index contributed by atoms with van der Waals surface area (Å²) in [4.78, 5) is 19.3. The fourth-order valence-electron chi connectivity index (χ4n) is 0.759. The highest BCUT2D eigenvalue weighted by atomic mass is 32.1. The summed E-state index contributed by atoms with van der Waals surface area (Å²) >= 11 is 1.14. The molecule has 0 saturated heterocycles. The molecule has 15 heavy (non-hydrogen) atoms. The molecule has 0 radical (unpaired) electrons. The lowest BCUT2D eigenvalue weighted by Crippen LogP contribution is -2.25. The smallest absolute Gasteiger partial charge is 0.273 e. The van der Waals surface area contributed by atoms with Gasteiger partial charge in [-0.1, -0.05) is 5.16 Å². The van der Waals surface area contributed by atoms with Crippen LogP contribution in [-0.4, -0.2) is 29.9 Å². The van der Waals surface area contributed by atoms with E-state index in [1.165, 1.54) is 5.38 Å². The Morgan fingerprint density at radius 1 is 1.73 bits per heavy atom. The van der Waals surface area contributed by atoms with E-state index in [4.69, 9.17) is 11.5 Å². The first-order valence-electron chi connectivity index (χ1n) is 3.92. The number of nitrogen functional groups attached to an aromatic ring is 1. The van der Waals surface area contributed by atoms with Crippen LogP contribution in [0, 0.1) is 0 Å². The Hall–Kier alpha value is -1.70. The van der Waals surface area contributed by atoms with Crippen LogP contribution in [0.3, 0.4) is 0 Å². The number of amides is 1. The molecule has 1 aromatic rings. The average Bonchev–Trinajstić information content (AvgIpc) is 2.59. The fourth-order valence-corrected chi connectivity index (χ4v) is 1.31. The normalized spacial score (nSPS) is 11.4. The Bertz CT molecular complexity index is 379. The predicted octanol–water partition coefficient (Wildman–Crippen LogP) is -0.0992. The topological polar surface area (TPSA) is 104 Å². The maximum absolute atomic E-state index is 11.7. The molecule has 1 rings (SSSR count). The molecule has 1 aromatic heterocycles. The van der Waals surface area contributed by atoms with Crippen LogP contribution in [-0.2, 0) is 9.63 Å². The summed E-state index contributed by atoms with van der Waals surface area (Å²) in [5, 5.41) is 5.18. The van der Waals surface area contributed by atoms with E-state index < -0.39 is 12.6 Å². The highest BCUT2D eigenvalue weighted by Crippen LogP contribution is 2.12. The van der Waals surface area contributed by atoms with Crippen molar-refractivity contribution >= 4 is 28.1 Å². The van der Waals surface area contributed by atoms with Crippen molar-refractivity contribution in [2.75, 3.05) is 19.0 Å². The van der Waals surface area contributed by atoms with E-state index in [1.807, 2.05) is 0 Å². The highest BCUT2D eigenvalue weighted by molar-refractivity contribution is 7.13. The highest BCUT2D eigenvalue weighted by Gasteiger charge is 2.14. The van der Waals surface area contributed by atoms with E-state index in [0.717, 1.165) is 11.3 Å². The van der Waals surface area contributed by atoms with Crippen LogP contribution < -0.4 is 11.5 Å². The first-order valence-corrected chi connectivity index (χ1v) is 4.80. The largest absolute Gasteiger partial charge is 0.392 e. The fraction of sp³-hybridized carbons (Fsp3) is 0.286. The van der Waals surface area contributed by atoms with Gasteiger partial charge in [-0.25, -0.2) is 9.37 Å². The Balaban J connectivity index is 2.83. The van der Waals surface area contributed by atoms with E-state index in [1.54, 1.807) is 0 Å². The molecule has 0 fully saturated rings. The van der Waals surface area contributed by atoms with Crippen molar-refractivity contribution < 1.29 is 14.0 Å². The van der Waals surface area contributed by atoms with Crippen LogP contribution in [0.1, 0.15) is 5.69 Å². The lowest BCUT2D eigenvalue weighted by atomic mass is 10.3. The summed E-state index contributed by atoms with van der Waals surface area (Å²) < 4.78 is 11.7. The van der Waals surface area contributed by atoms with Crippen molar-refractivity contribution in [1.29, 1.82) is 0 Å². The summed E-state index contributed by atoms with van der Waals surface area (Å²) in [6.45, 7) is -0.939. The van der Waals surface area contributed by atoms with E-state index in [0.29, 0.717) is 0 Å². The predicted molar refractivity (Wildman–Crippen MR) is 54.2 cm³/mol. The van der Waals surface area contributed by atoms with Gasteiger partial charge in [0.05, 0.1) is 0 Å². The van der Waals surface area contributed by atoms with E-state index in [9.17, 15) is 9.18 Å². The van der Waals surface area contributed by atoms with Gasteiger partial charge in [-0.05, 0) is 0 Å². The summed E-state index contributed by atoms with van der Waals surface area (Å²) in [7, 11) is 0. The number of anilines is 1. The Morgan fingerprint density at radius 2 is 2.47 bits per heavy atom. The van der Waals surface area contributed by atoms with Gasteiger partial charge in [0.25, 0.3) is 5.91 Å². The van der Waals surface area contributed by atoms with Gasteiger partial charge in [-0.15, -0.1) is 11.3 Å². The molecule has 0 atom stereocenters. The van der Waals surface area contributed by atoms with Gasteiger partial charge in [0.15, 0.2) is 10.8 Å². The number of thiazole rings is 1. The Labute approximate surface area is 88.7 Å². The second-order valence-electron chi connectivity index (χ2n) is 2.40. The first kappa shape index (κ1) is 11.4. The molecule has 0 aromatic carbocycles. The molecule has 8 heteroatoms. The zero-order valence-electron chi connectivity index (χ0n) is 7.64. The SMILES string of the molecule is NC(=O)C(=NOCCF)c1csc(N)n1. The van der Waals surface area contributed by atoms with Crippen molar-refractivity contribution in [3.8, 4) is 0 Å². The molecule has 4 N–H and O–H groups in total. The van der Waals surface area contributed by atoms with Crippen LogP contribution in [0.5, 0.6) is 0 Å². The number of alkyl halides is 1. The van der Waals surface area contributed by atoms with Gasteiger partial charge in [0.2, 0.25) is 0 Å². The van der Waals surface area contributed by atoms with Crippen molar-refractivity contribution in [3.63, 3.8) is 0 Å². The van der Waals surface area contributed by atoms with Crippen LogP contribution in [0.25, 0.3) is 0 Å². The van der Waals surface area contributed by atoms with Gasteiger partial charge < -0.3 is 16.3 Å². The van der Waals surface area contributed by atoms with Crippen molar-refractivity contribution in [1.82, 2.24) is 4.98 Å². The molecule has 82 valence electrons. The molecule has 0 unspecified atom stereocenters. The second kappa shape index (κ2) is 5.25. The first-order chi connectivity index (χ1) is 7.15. The number of rotatable bonds is 5. The van der Waals surface area contributed by atoms with Gasteiger partial charge in [0, 0.05) is 5.38 Å². The summed E-state index contributed by atoms with van der Waals surface area (Å²) in [6, 6.07) is 0. The molecule has 0 saturated carbocycles. The van der Waals surface area contributed by atoms with Crippen LogP contribution in [0.15, 0.2) is 10.5 Å². The van der Waals surface area contributed by atoms with Crippen LogP contribution in [0.4, 0.5) is 9.52 Å². The number of nitrogens with zero attached hydrogens (tertiary/aromatic N) is 2. The second-order valence-corrected chi connectivity index (χ2v) is 3.29. The third kappa shape index (κ3) is 3.17. The quantitative estimate of drug-likeness (QED) is 0.420. The molecule has 0 aliphatic heterocycles. The number of aromatic nitrogens is 1. The summed E-state index contributed by atoms with van der Waals surface area (Å²) in [5.74, 6) is -0.806. The van der Waals surface area contributed by atoms with E-state index in [-0.39, 0.29) is 23.1 Å². The minimum Gasteiger partial charge on any atom is -0.392 e. The number of hydrogen-bond acceptors (Lipinski definition) is 6. The summed E-state index contributed by atoms with van der Waals surface area (Å²) in [5.41, 5.74) is 10.5. The number of nitrogens with two attached hydrogens (primary N) is 2. The molecule has 1 amide bonds. The monoisotopic (exact) mass is 232 g/mol. The van der Waals surface area contributed by atoms with Gasteiger partial charge in [-0.3, -0.25) is 4.79 Å². The Kier molecular flexibility index (Phi) is 3.98. The molecular formula is C7H9FN4O2S. The minimum atomic E-state index is -0.806. The summed E-state index contributed by atoms with van der Waals surface area (Å²) in [6.07, 6.45) is 0. The third-order valence-corrected chi connectivity index (χ3v) is 2.00. The molecule has 1 heterocycles. The van der Waals surface area contributed by atoms with Crippen LogP contribution >= 0.6 is 11.3 Å². The number of primary amides is 1. The zero-order valence-corrected chi connectivity index (χ0v) is 8.46. The number of carbonyl (C=O) groups is 1. The average molecular weight is 232 g/mol. The van der Waals surface area contributed by atoms with Crippen molar-refractivity contribution in [2.24, 2.45) is 10.9 Å². The molecule has 6 nitrogen and oxygen atoms in total. The lowest BCUT2D eigenvalue weighted by Gasteiger charge is -1.98. The third-order valence-electron chi connectivity index (χ3n) is 1.32. The van der Waals surface area contributed by atoms with E-state index >= 15 is 0 Å². The Morgan fingerprint density at radius 3 is 2.93 bits per heavy atom. The van der Waals surface area contributed by atoms with E-state index in [2.05, 4.69) is 15.0 Å². The zero-order chi connectivity index (χ0) is 11.3. The number of oxime groups is 1.